The number of benzene rings is 2. The average molecular weight is 270 g/mol. The number of hydrogen-bond donors (Lipinski definition) is 1. The van der Waals surface area contributed by atoms with E-state index < -0.39 is 5.97 Å². The van der Waals surface area contributed by atoms with Crippen LogP contribution in [0.15, 0.2) is 48.5 Å². The Labute approximate surface area is 118 Å². The number of hydrogen-bond acceptors (Lipinski definition) is 3. The van der Waals surface area contributed by atoms with E-state index >= 15 is 0 Å². The maximum absolute atomic E-state index is 12.0. The number of carbonyl (C=O) groups excluding carboxylic acids is 1. The fourth-order valence-electron chi connectivity index (χ4n) is 1.82. The molecule has 3 heteroatoms. The number of rotatable bonds is 2. The van der Waals surface area contributed by atoms with Gasteiger partial charge in [-0.05, 0) is 35.2 Å². The van der Waals surface area contributed by atoms with E-state index in [0.717, 1.165) is 5.56 Å². The van der Waals surface area contributed by atoms with Crippen LogP contribution in [0.4, 0.5) is 0 Å². The Hall–Kier alpha value is -2.29. The summed E-state index contributed by atoms with van der Waals surface area (Å²) in [6, 6.07) is 13.5. The Kier molecular flexibility index (Phi) is 3.79. The summed E-state index contributed by atoms with van der Waals surface area (Å²) < 4.78 is 5.21. The molecular formula is C17H18O3. The molecule has 0 aromatic heterocycles. The lowest BCUT2D eigenvalue weighted by atomic mass is 9.87. The number of carbonyl (C=O) groups is 1. The Bertz CT molecular complexity index is 607. The number of aromatic hydroxyl groups is 1. The van der Waals surface area contributed by atoms with E-state index in [9.17, 15) is 9.90 Å². The second kappa shape index (κ2) is 5.37. The first-order chi connectivity index (χ1) is 9.36. The van der Waals surface area contributed by atoms with E-state index in [1.165, 1.54) is 12.1 Å². The normalized spacial score (nSPS) is 11.2. The summed E-state index contributed by atoms with van der Waals surface area (Å²) in [4.78, 5) is 12.0. The van der Waals surface area contributed by atoms with Crippen LogP contribution in [0.5, 0.6) is 11.5 Å². The van der Waals surface area contributed by atoms with Crippen LogP contribution >= 0.6 is 0 Å². The molecule has 0 aliphatic carbocycles. The summed E-state index contributed by atoms with van der Waals surface area (Å²) in [7, 11) is 0. The molecule has 0 fully saturated rings. The quantitative estimate of drug-likeness (QED) is 0.664. The lowest BCUT2D eigenvalue weighted by Gasteiger charge is -2.18. The lowest BCUT2D eigenvalue weighted by molar-refractivity contribution is 0.0734. The highest BCUT2D eigenvalue weighted by Gasteiger charge is 2.15. The Morgan fingerprint density at radius 1 is 1.05 bits per heavy atom. The first-order valence-electron chi connectivity index (χ1n) is 6.48. The second-order valence-electron chi connectivity index (χ2n) is 5.71. The molecule has 0 atom stereocenters. The van der Waals surface area contributed by atoms with Crippen LogP contribution < -0.4 is 4.74 Å². The number of phenolic OH excluding ortho intramolecular Hbond substituents is 1. The maximum Gasteiger partial charge on any atom is 0.343 e. The fourth-order valence-corrected chi connectivity index (χ4v) is 1.82. The van der Waals surface area contributed by atoms with Gasteiger partial charge in [0, 0.05) is 6.07 Å². The standard InChI is InChI=1S/C17H18O3/c1-17(2,3)13-9-7-12(8-10-13)16(19)20-15-6-4-5-14(18)11-15/h4-11,18H,1-3H3. The Morgan fingerprint density at radius 2 is 1.70 bits per heavy atom. The molecule has 104 valence electrons. The van der Waals surface area contributed by atoms with E-state index in [-0.39, 0.29) is 11.2 Å². The fraction of sp³-hybridized carbons (Fsp3) is 0.235. The Morgan fingerprint density at radius 3 is 2.25 bits per heavy atom. The molecule has 0 bridgehead atoms. The molecule has 0 aliphatic rings. The highest BCUT2D eigenvalue weighted by molar-refractivity contribution is 5.91. The van der Waals surface area contributed by atoms with Gasteiger partial charge in [-0.3, -0.25) is 0 Å². The monoisotopic (exact) mass is 270 g/mol. The number of phenols is 1. The van der Waals surface area contributed by atoms with Gasteiger partial charge in [0.2, 0.25) is 0 Å². The molecule has 1 N–H and O–H groups in total. The predicted octanol–water partition coefficient (Wildman–Crippen LogP) is 3.91. The van der Waals surface area contributed by atoms with E-state index in [1.54, 1.807) is 24.3 Å². The Balaban J connectivity index is 2.14. The van der Waals surface area contributed by atoms with E-state index in [0.29, 0.717) is 11.3 Å². The zero-order chi connectivity index (χ0) is 14.8. The number of esters is 1. The highest BCUT2D eigenvalue weighted by Crippen LogP contribution is 2.23. The minimum atomic E-state index is -0.434. The smallest absolute Gasteiger partial charge is 0.343 e. The van der Waals surface area contributed by atoms with Crippen LogP contribution in [0.2, 0.25) is 0 Å². The third-order valence-electron chi connectivity index (χ3n) is 3.01. The van der Waals surface area contributed by atoms with Crippen molar-refractivity contribution >= 4 is 5.97 Å². The second-order valence-corrected chi connectivity index (χ2v) is 5.71. The third-order valence-corrected chi connectivity index (χ3v) is 3.01. The summed E-state index contributed by atoms with van der Waals surface area (Å²) in [5, 5.41) is 9.33. The number of ether oxygens (including phenoxy) is 1. The molecule has 0 radical (unpaired) electrons. The van der Waals surface area contributed by atoms with Gasteiger partial charge in [-0.15, -0.1) is 0 Å². The van der Waals surface area contributed by atoms with Gasteiger partial charge in [0.05, 0.1) is 5.56 Å². The minimum Gasteiger partial charge on any atom is -0.508 e. The van der Waals surface area contributed by atoms with Crippen molar-refractivity contribution in [2.45, 2.75) is 26.2 Å². The average Bonchev–Trinajstić information content (AvgIpc) is 2.38. The van der Waals surface area contributed by atoms with Gasteiger partial charge in [-0.1, -0.05) is 39.0 Å². The minimum absolute atomic E-state index is 0.0493. The van der Waals surface area contributed by atoms with E-state index in [4.69, 9.17) is 4.74 Å². The van der Waals surface area contributed by atoms with Crippen molar-refractivity contribution in [3.8, 4) is 11.5 Å². The molecule has 2 rings (SSSR count). The van der Waals surface area contributed by atoms with Gasteiger partial charge < -0.3 is 9.84 Å². The van der Waals surface area contributed by atoms with Gasteiger partial charge in [0.15, 0.2) is 0 Å². The van der Waals surface area contributed by atoms with Crippen LogP contribution in [0.25, 0.3) is 0 Å². The van der Waals surface area contributed by atoms with Gasteiger partial charge in [0.1, 0.15) is 11.5 Å². The van der Waals surface area contributed by atoms with Crippen molar-refractivity contribution in [3.05, 3.63) is 59.7 Å². The summed E-state index contributed by atoms with van der Waals surface area (Å²) in [5.41, 5.74) is 1.70. The molecule has 0 aliphatic heterocycles. The molecule has 0 heterocycles. The van der Waals surface area contributed by atoms with Gasteiger partial charge in [-0.2, -0.15) is 0 Å². The summed E-state index contributed by atoms with van der Waals surface area (Å²) in [6.45, 7) is 6.35. The van der Waals surface area contributed by atoms with Crippen molar-refractivity contribution in [2.75, 3.05) is 0 Å². The van der Waals surface area contributed by atoms with Crippen molar-refractivity contribution in [2.24, 2.45) is 0 Å². The largest absolute Gasteiger partial charge is 0.508 e. The van der Waals surface area contributed by atoms with E-state index in [1.807, 2.05) is 12.1 Å². The molecule has 3 nitrogen and oxygen atoms in total. The molecular weight excluding hydrogens is 252 g/mol. The zero-order valence-electron chi connectivity index (χ0n) is 11.9. The third kappa shape index (κ3) is 3.38. The van der Waals surface area contributed by atoms with Crippen molar-refractivity contribution < 1.29 is 14.6 Å². The van der Waals surface area contributed by atoms with Crippen molar-refractivity contribution in [3.63, 3.8) is 0 Å². The summed E-state index contributed by atoms with van der Waals surface area (Å²) in [6.07, 6.45) is 0. The molecule has 0 amide bonds. The first kappa shape index (κ1) is 14.1. The molecule has 0 saturated heterocycles. The van der Waals surface area contributed by atoms with Gasteiger partial charge >= 0.3 is 5.97 Å². The molecule has 0 unspecified atom stereocenters. The van der Waals surface area contributed by atoms with Crippen molar-refractivity contribution in [1.29, 1.82) is 0 Å². The predicted molar refractivity (Wildman–Crippen MR) is 78.2 cm³/mol. The van der Waals surface area contributed by atoms with Crippen LogP contribution in [0, 0.1) is 0 Å². The zero-order valence-corrected chi connectivity index (χ0v) is 11.9. The van der Waals surface area contributed by atoms with E-state index in [2.05, 4.69) is 20.8 Å². The molecule has 0 saturated carbocycles. The highest BCUT2D eigenvalue weighted by atomic mass is 16.5. The van der Waals surface area contributed by atoms with Gasteiger partial charge in [-0.25, -0.2) is 4.79 Å². The summed E-state index contributed by atoms with van der Waals surface area (Å²) >= 11 is 0. The van der Waals surface area contributed by atoms with Crippen LogP contribution in [0.1, 0.15) is 36.7 Å². The van der Waals surface area contributed by atoms with Gasteiger partial charge in [0.25, 0.3) is 0 Å². The molecule has 20 heavy (non-hydrogen) atoms. The molecule has 2 aromatic carbocycles. The molecule has 2 aromatic rings. The lowest BCUT2D eigenvalue weighted by Crippen LogP contribution is -2.12. The summed E-state index contributed by atoms with van der Waals surface area (Å²) in [5.74, 6) is -0.0377. The maximum atomic E-state index is 12.0. The van der Waals surface area contributed by atoms with Crippen molar-refractivity contribution in [1.82, 2.24) is 0 Å². The SMILES string of the molecule is CC(C)(C)c1ccc(C(=O)Oc2cccc(O)c2)cc1. The van der Waals surface area contributed by atoms with Crippen LogP contribution in [-0.2, 0) is 5.41 Å². The topological polar surface area (TPSA) is 46.5 Å². The van der Waals surface area contributed by atoms with Crippen LogP contribution in [0.3, 0.4) is 0 Å². The first-order valence-corrected chi connectivity index (χ1v) is 6.48. The molecule has 0 spiro atoms. The van der Waals surface area contributed by atoms with Crippen LogP contribution in [-0.4, -0.2) is 11.1 Å².